The maximum Gasteiger partial charge on any atom is 0.260 e. The van der Waals surface area contributed by atoms with E-state index in [1.807, 2.05) is 63.6 Å². The third kappa shape index (κ3) is 3.77. The van der Waals surface area contributed by atoms with Crippen molar-refractivity contribution in [2.45, 2.75) is 31.7 Å². The van der Waals surface area contributed by atoms with Crippen LogP contribution in [0.4, 0.5) is 5.69 Å². The van der Waals surface area contributed by atoms with Crippen LogP contribution in [-0.4, -0.2) is 31.9 Å². The number of carbonyl (C=O) groups excluding carboxylic acids is 1. The molecule has 0 radical (unpaired) electrons. The number of thioether (sulfide) groups is 1. The summed E-state index contributed by atoms with van der Waals surface area (Å²) in [6.07, 6.45) is 5.51. The lowest BCUT2D eigenvalue weighted by Gasteiger charge is -2.13. The van der Waals surface area contributed by atoms with Crippen molar-refractivity contribution in [3.05, 3.63) is 59.8 Å². The third-order valence-corrected chi connectivity index (χ3v) is 4.59. The number of rotatable bonds is 5. The average molecular weight is 367 g/mol. The Morgan fingerprint density at radius 2 is 1.92 bits per heavy atom. The summed E-state index contributed by atoms with van der Waals surface area (Å²) in [4.78, 5) is 21.8. The van der Waals surface area contributed by atoms with E-state index in [0.717, 1.165) is 11.5 Å². The number of carbonyl (C=O) groups is 1. The Balaban J connectivity index is 1.84. The lowest BCUT2D eigenvalue weighted by atomic mass is 10.1. The van der Waals surface area contributed by atoms with Gasteiger partial charge in [-0.1, -0.05) is 13.8 Å². The van der Waals surface area contributed by atoms with Crippen LogP contribution in [0, 0.1) is 6.92 Å². The summed E-state index contributed by atoms with van der Waals surface area (Å²) in [5.74, 6) is 0.771. The molecule has 3 rings (SSSR count). The molecule has 1 N–H and O–H groups in total. The largest absolute Gasteiger partial charge is 0.322 e. The van der Waals surface area contributed by atoms with Crippen LogP contribution in [-0.2, 0) is 0 Å². The van der Waals surface area contributed by atoms with E-state index in [1.165, 1.54) is 11.8 Å². The molecule has 0 bridgehead atoms. The van der Waals surface area contributed by atoms with Crippen LogP contribution in [0.1, 0.15) is 41.6 Å². The highest BCUT2D eigenvalue weighted by Crippen LogP contribution is 2.24. The van der Waals surface area contributed by atoms with Crippen molar-refractivity contribution in [1.29, 1.82) is 0 Å². The summed E-state index contributed by atoms with van der Waals surface area (Å²) in [5, 5.41) is 7.83. The standard InChI is InChI=1S/C19H21N5OS/c1-12(2)17-21-13(3)16(19(23-17)26-4)18(25)22-14-6-8-15(9-7-14)24-11-5-10-20-24/h5-12H,1-4H3,(H,22,25). The fraction of sp³-hybridized carbons (Fsp3) is 0.263. The molecule has 0 spiro atoms. The molecule has 0 saturated heterocycles. The van der Waals surface area contributed by atoms with Gasteiger partial charge in [-0.05, 0) is 43.5 Å². The minimum absolute atomic E-state index is 0.200. The van der Waals surface area contributed by atoms with E-state index in [1.54, 1.807) is 10.9 Å². The van der Waals surface area contributed by atoms with E-state index in [9.17, 15) is 4.79 Å². The maximum absolute atomic E-state index is 12.8. The third-order valence-electron chi connectivity index (χ3n) is 3.90. The van der Waals surface area contributed by atoms with Gasteiger partial charge < -0.3 is 5.32 Å². The van der Waals surface area contributed by atoms with Crippen LogP contribution in [0.15, 0.2) is 47.8 Å². The topological polar surface area (TPSA) is 72.7 Å². The van der Waals surface area contributed by atoms with E-state index in [-0.39, 0.29) is 11.8 Å². The smallest absolute Gasteiger partial charge is 0.260 e. The SMILES string of the molecule is CSc1nc(C(C)C)nc(C)c1C(=O)Nc1ccc(-n2cccn2)cc1. The van der Waals surface area contributed by atoms with Crippen molar-refractivity contribution >= 4 is 23.4 Å². The zero-order chi connectivity index (χ0) is 18.7. The highest BCUT2D eigenvalue weighted by Gasteiger charge is 2.19. The normalized spacial score (nSPS) is 11.0. The Morgan fingerprint density at radius 1 is 1.19 bits per heavy atom. The lowest BCUT2D eigenvalue weighted by Crippen LogP contribution is -2.17. The van der Waals surface area contributed by atoms with Gasteiger partial charge in [-0.15, -0.1) is 11.8 Å². The Morgan fingerprint density at radius 3 is 2.50 bits per heavy atom. The molecule has 0 atom stereocenters. The number of aromatic nitrogens is 4. The second kappa shape index (κ2) is 7.70. The Bertz CT molecular complexity index is 904. The monoisotopic (exact) mass is 367 g/mol. The van der Waals surface area contributed by atoms with E-state index in [0.29, 0.717) is 22.0 Å². The summed E-state index contributed by atoms with van der Waals surface area (Å²) in [7, 11) is 0. The van der Waals surface area contributed by atoms with Gasteiger partial charge in [0.2, 0.25) is 0 Å². The number of anilines is 1. The van der Waals surface area contributed by atoms with Crippen LogP contribution < -0.4 is 5.32 Å². The molecule has 6 nitrogen and oxygen atoms in total. The lowest BCUT2D eigenvalue weighted by molar-refractivity contribution is 0.102. The van der Waals surface area contributed by atoms with Gasteiger partial charge in [0.15, 0.2) is 0 Å². The zero-order valence-electron chi connectivity index (χ0n) is 15.2. The van der Waals surface area contributed by atoms with E-state index in [2.05, 4.69) is 20.4 Å². The molecular formula is C19H21N5OS. The summed E-state index contributed by atoms with van der Waals surface area (Å²) >= 11 is 1.46. The summed E-state index contributed by atoms with van der Waals surface area (Å²) < 4.78 is 1.76. The molecule has 0 aliphatic rings. The highest BCUT2D eigenvalue weighted by atomic mass is 32.2. The molecule has 1 amide bonds. The van der Waals surface area contributed by atoms with E-state index in [4.69, 9.17) is 0 Å². The minimum Gasteiger partial charge on any atom is -0.322 e. The van der Waals surface area contributed by atoms with Crippen LogP contribution in [0.5, 0.6) is 0 Å². The summed E-state index contributed by atoms with van der Waals surface area (Å²) in [5.41, 5.74) is 2.86. The fourth-order valence-corrected chi connectivity index (χ4v) is 3.18. The first-order chi connectivity index (χ1) is 12.5. The first kappa shape index (κ1) is 18.1. The number of aryl methyl sites for hydroxylation is 1. The Kier molecular flexibility index (Phi) is 5.37. The molecule has 2 heterocycles. The van der Waals surface area contributed by atoms with Crippen LogP contribution >= 0.6 is 11.8 Å². The van der Waals surface area contributed by atoms with Gasteiger partial charge in [-0.3, -0.25) is 4.79 Å². The molecule has 26 heavy (non-hydrogen) atoms. The van der Waals surface area contributed by atoms with Crippen LogP contribution in [0.25, 0.3) is 5.69 Å². The maximum atomic E-state index is 12.8. The van der Waals surface area contributed by atoms with Gasteiger partial charge in [-0.25, -0.2) is 14.6 Å². The number of nitrogens with one attached hydrogen (secondary N) is 1. The molecule has 0 aliphatic carbocycles. The fourth-order valence-electron chi connectivity index (χ4n) is 2.55. The van der Waals surface area contributed by atoms with Gasteiger partial charge in [0.05, 0.1) is 16.9 Å². The Hall–Kier alpha value is -2.67. The second-order valence-corrected chi connectivity index (χ2v) is 6.95. The van der Waals surface area contributed by atoms with Crippen molar-refractivity contribution < 1.29 is 4.79 Å². The summed E-state index contributed by atoms with van der Waals surface area (Å²) in [6.45, 7) is 5.93. The molecular weight excluding hydrogens is 346 g/mol. The van der Waals surface area contributed by atoms with Gasteiger partial charge in [0, 0.05) is 24.0 Å². The average Bonchev–Trinajstić information content (AvgIpc) is 3.16. The Labute approximate surface area is 157 Å². The first-order valence-corrected chi connectivity index (χ1v) is 9.56. The molecule has 3 aromatic rings. The number of nitrogens with zero attached hydrogens (tertiary/aromatic N) is 4. The quantitative estimate of drug-likeness (QED) is 0.544. The molecule has 7 heteroatoms. The van der Waals surface area contributed by atoms with Crippen molar-refractivity contribution in [3.8, 4) is 5.69 Å². The zero-order valence-corrected chi connectivity index (χ0v) is 16.0. The minimum atomic E-state index is -0.200. The van der Waals surface area contributed by atoms with Crippen molar-refractivity contribution in [1.82, 2.24) is 19.7 Å². The van der Waals surface area contributed by atoms with Gasteiger partial charge in [-0.2, -0.15) is 5.10 Å². The molecule has 0 fully saturated rings. The molecule has 2 aromatic heterocycles. The van der Waals surface area contributed by atoms with Crippen LogP contribution in [0.3, 0.4) is 0 Å². The van der Waals surface area contributed by atoms with Gasteiger partial charge in [0.25, 0.3) is 5.91 Å². The summed E-state index contributed by atoms with van der Waals surface area (Å²) in [6, 6.07) is 9.38. The van der Waals surface area contributed by atoms with Crippen molar-refractivity contribution in [2.24, 2.45) is 0 Å². The molecule has 1 aromatic carbocycles. The molecule has 0 saturated carbocycles. The number of hydrogen-bond acceptors (Lipinski definition) is 5. The highest BCUT2D eigenvalue weighted by molar-refractivity contribution is 7.98. The number of hydrogen-bond donors (Lipinski definition) is 1. The number of amides is 1. The predicted molar refractivity (Wildman–Crippen MR) is 104 cm³/mol. The van der Waals surface area contributed by atoms with Gasteiger partial charge in [0.1, 0.15) is 10.9 Å². The number of benzene rings is 1. The van der Waals surface area contributed by atoms with Crippen molar-refractivity contribution in [3.63, 3.8) is 0 Å². The molecule has 134 valence electrons. The van der Waals surface area contributed by atoms with Crippen LogP contribution in [0.2, 0.25) is 0 Å². The van der Waals surface area contributed by atoms with E-state index < -0.39 is 0 Å². The second-order valence-electron chi connectivity index (χ2n) is 6.16. The van der Waals surface area contributed by atoms with Gasteiger partial charge >= 0.3 is 0 Å². The van der Waals surface area contributed by atoms with E-state index >= 15 is 0 Å². The molecule has 0 unspecified atom stereocenters. The van der Waals surface area contributed by atoms with Crippen molar-refractivity contribution in [2.75, 3.05) is 11.6 Å². The predicted octanol–water partition coefficient (Wildman–Crippen LogP) is 4.07. The first-order valence-electron chi connectivity index (χ1n) is 8.33. The molecule has 0 aliphatic heterocycles.